The van der Waals surface area contributed by atoms with Gasteiger partial charge in [0.15, 0.2) is 6.54 Å². The van der Waals surface area contributed by atoms with Crippen molar-refractivity contribution in [1.82, 2.24) is 0 Å². The van der Waals surface area contributed by atoms with Gasteiger partial charge in [0, 0.05) is 5.56 Å². The van der Waals surface area contributed by atoms with Crippen molar-refractivity contribution in [2.45, 2.75) is 6.54 Å². The summed E-state index contributed by atoms with van der Waals surface area (Å²) >= 11 is 0. The van der Waals surface area contributed by atoms with Gasteiger partial charge in [0.1, 0.15) is 23.9 Å². The molecule has 0 saturated heterocycles. The summed E-state index contributed by atoms with van der Waals surface area (Å²) < 4.78 is 26.9. The van der Waals surface area contributed by atoms with E-state index in [0.29, 0.717) is 6.54 Å². The number of benzene rings is 2. The Balaban J connectivity index is 1.92. The molecule has 0 aliphatic heterocycles. The first-order valence-corrected chi connectivity index (χ1v) is 6.65. The van der Waals surface area contributed by atoms with E-state index in [4.69, 9.17) is 0 Å². The van der Waals surface area contributed by atoms with Crippen LogP contribution in [-0.4, -0.2) is 19.5 Å². The second kappa shape index (κ2) is 6.95. The van der Waals surface area contributed by atoms with E-state index in [1.54, 1.807) is 0 Å². The van der Waals surface area contributed by atoms with Crippen LogP contribution in [0.4, 0.5) is 14.5 Å². The minimum atomic E-state index is -0.774. The third-order valence-corrected chi connectivity index (χ3v) is 3.04. The molecule has 1 unspecified atom stereocenters. The van der Waals surface area contributed by atoms with Crippen molar-refractivity contribution in [2.75, 3.05) is 18.9 Å². The van der Waals surface area contributed by atoms with Gasteiger partial charge in [-0.2, -0.15) is 0 Å². The minimum absolute atomic E-state index is 0.128. The number of anilines is 1. The van der Waals surface area contributed by atoms with Gasteiger partial charge in [0.2, 0.25) is 0 Å². The summed E-state index contributed by atoms with van der Waals surface area (Å²) in [7, 11) is 1.85. The van der Waals surface area contributed by atoms with Crippen LogP contribution in [0.3, 0.4) is 0 Å². The first-order valence-electron chi connectivity index (χ1n) is 6.65. The third kappa shape index (κ3) is 4.36. The number of carbonyl (C=O) groups is 1. The van der Waals surface area contributed by atoms with E-state index in [1.165, 1.54) is 6.07 Å². The van der Waals surface area contributed by atoms with Crippen molar-refractivity contribution in [1.29, 1.82) is 0 Å². The number of carbonyl (C=O) groups excluding carboxylic acids is 1. The third-order valence-electron chi connectivity index (χ3n) is 3.04. The summed E-state index contributed by atoms with van der Waals surface area (Å²) in [5, 5.41) is 2.29. The van der Waals surface area contributed by atoms with Crippen LogP contribution in [0, 0.1) is 11.6 Å². The summed E-state index contributed by atoms with van der Waals surface area (Å²) in [6.45, 7) is 0.788. The monoisotopic (exact) mass is 291 g/mol. The highest BCUT2D eigenvalue weighted by Crippen LogP contribution is 2.17. The maximum atomic E-state index is 13.4. The summed E-state index contributed by atoms with van der Waals surface area (Å²) in [6, 6.07) is 13.2. The number of likely N-dealkylation sites (N-methyl/N-ethyl adjacent to an activating group) is 1. The quantitative estimate of drug-likeness (QED) is 0.862. The molecule has 1 amide bonds. The Labute approximate surface area is 122 Å². The SMILES string of the molecule is C[NH+](CC(=O)Nc1c(F)cccc1F)Cc1ccccc1. The number of amides is 1. The van der Waals surface area contributed by atoms with Gasteiger partial charge in [-0.05, 0) is 12.1 Å². The average molecular weight is 291 g/mol. The summed E-state index contributed by atoms with van der Waals surface area (Å²) in [5.74, 6) is -1.97. The molecule has 21 heavy (non-hydrogen) atoms. The molecule has 0 aliphatic rings. The lowest BCUT2D eigenvalue weighted by atomic mass is 10.2. The fraction of sp³-hybridized carbons (Fsp3) is 0.188. The van der Waals surface area contributed by atoms with E-state index < -0.39 is 23.2 Å². The number of hydrogen-bond acceptors (Lipinski definition) is 1. The van der Waals surface area contributed by atoms with Crippen LogP contribution in [0.2, 0.25) is 0 Å². The van der Waals surface area contributed by atoms with E-state index in [-0.39, 0.29) is 6.54 Å². The zero-order valence-corrected chi connectivity index (χ0v) is 11.7. The van der Waals surface area contributed by atoms with Crippen molar-refractivity contribution < 1.29 is 18.5 Å². The van der Waals surface area contributed by atoms with E-state index in [2.05, 4.69) is 5.32 Å². The molecule has 110 valence electrons. The van der Waals surface area contributed by atoms with E-state index in [1.807, 2.05) is 37.4 Å². The van der Waals surface area contributed by atoms with E-state index in [0.717, 1.165) is 22.6 Å². The summed E-state index contributed by atoms with van der Waals surface area (Å²) in [6.07, 6.45) is 0. The van der Waals surface area contributed by atoms with Gasteiger partial charge in [-0.15, -0.1) is 0 Å². The highest BCUT2D eigenvalue weighted by molar-refractivity contribution is 5.91. The number of hydrogen-bond donors (Lipinski definition) is 2. The Hall–Kier alpha value is -2.27. The molecular formula is C16H17F2N2O+. The van der Waals surface area contributed by atoms with Gasteiger partial charge in [-0.25, -0.2) is 8.78 Å². The molecule has 2 aromatic rings. The predicted molar refractivity (Wildman–Crippen MR) is 76.9 cm³/mol. The molecule has 2 aromatic carbocycles. The van der Waals surface area contributed by atoms with Gasteiger partial charge in [-0.1, -0.05) is 36.4 Å². The standard InChI is InChI=1S/C16H16F2N2O/c1-20(10-12-6-3-2-4-7-12)11-15(21)19-16-13(17)8-5-9-14(16)18/h2-9H,10-11H2,1H3,(H,19,21)/p+1. The molecule has 0 aromatic heterocycles. The Morgan fingerprint density at radius 3 is 2.29 bits per heavy atom. The second-order valence-corrected chi connectivity index (χ2v) is 4.94. The van der Waals surface area contributed by atoms with Crippen LogP contribution < -0.4 is 10.2 Å². The fourth-order valence-corrected chi connectivity index (χ4v) is 2.08. The smallest absolute Gasteiger partial charge is 0.279 e. The van der Waals surface area contributed by atoms with Crippen LogP contribution in [-0.2, 0) is 11.3 Å². The Bertz CT molecular complexity index is 597. The molecule has 0 aliphatic carbocycles. The fourth-order valence-electron chi connectivity index (χ4n) is 2.08. The molecule has 0 heterocycles. The second-order valence-electron chi connectivity index (χ2n) is 4.94. The van der Waals surface area contributed by atoms with Gasteiger partial charge < -0.3 is 10.2 Å². The van der Waals surface area contributed by atoms with E-state index >= 15 is 0 Å². The zero-order valence-electron chi connectivity index (χ0n) is 11.7. The van der Waals surface area contributed by atoms with Crippen molar-refractivity contribution in [3.63, 3.8) is 0 Å². The van der Waals surface area contributed by atoms with Crippen LogP contribution in [0.1, 0.15) is 5.56 Å². The van der Waals surface area contributed by atoms with Crippen LogP contribution in [0.15, 0.2) is 48.5 Å². The summed E-state index contributed by atoms with van der Waals surface area (Å²) in [5.41, 5.74) is 0.704. The topological polar surface area (TPSA) is 33.5 Å². The average Bonchev–Trinajstić information content (AvgIpc) is 2.44. The van der Waals surface area contributed by atoms with Crippen molar-refractivity contribution >= 4 is 11.6 Å². The number of nitrogens with one attached hydrogen (secondary N) is 2. The lowest BCUT2D eigenvalue weighted by Gasteiger charge is -2.14. The molecule has 0 fully saturated rings. The van der Waals surface area contributed by atoms with Crippen molar-refractivity contribution in [3.05, 3.63) is 65.7 Å². The highest BCUT2D eigenvalue weighted by atomic mass is 19.1. The number of rotatable bonds is 5. The molecule has 2 rings (SSSR count). The lowest BCUT2D eigenvalue weighted by Crippen LogP contribution is -3.08. The number of halogens is 2. The molecule has 0 saturated carbocycles. The van der Waals surface area contributed by atoms with Crippen molar-refractivity contribution in [2.24, 2.45) is 0 Å². The largest absolute Gasteiger partial charge is 0.326 e. The highest BCUT2D eigenvalue weighted by Gasteiger charge is 2.15. The predicted octanol–water partition coefficient (Wildman–Crippen LogP) is 1.62. The zero-order chi connectivity index (χ0) is 15.2. The molecule has 5 heteroatoms. The number of para-hydroxylation sites is 1. The van der Waals surface area contributed by atoms with Crippen LogP contribution in [0.5, 0.6) is 0 Å². The Kier molecular flexibility index (Phi) is 5.00. The van der Waals surface area contributed by atoms with Crippen LogP contribution in [0.25, 0.3) is 0 Å². The molecular weight excluding hydrogens is 274 g/mol. The van der Waals surface area contributed by atoms with Gasteiger partial charge >= 0.3 is 0 Å². The molecule has 0 spiro atoms. The molecule has 0 bridgehead atoms. The normalized spacial score (nSPS) is 12.0. The molecule has 1 atom stereocenters. The first kappa shape index (κ1) is 15.1. The summed E-state index contributed by atoms with van der Waals surface area (Å²) in [4.78, 5) is 12.8. The first-order chi connectivity index (χ1) is 10.1. The van der Waals surface area contributed by atoms with Gasteiger partial charge in [0.05, 0.1) is 7.05 Å². The maximum Gasteiger partial charge on any atom is 0.279 e. The van der Waals surface area contributed by atoms with Gasteiger partial charge in [0.25, 0.3) is 5.91 Å². The minimum Gasteiger partial charge on any atom is -0.326 e. The van der Waals surface area contributed by atoms with Crippen LogP contribution >= 0.6 is 0 Å². The molecule has 3 nitrogen and oxygen atoms in total. The Morgan fingerprint density at radius 1 is 1.05 bits per heavy atom. The lowest BCUT2D eigenvalue weighted by molar-refractivity contribution is -0.885. The van der Waals surface area contributed by atoms with Gasteiger partial charge in [-0.3, -0.25) is 4.79 Å². The van der Waals surface area contributed by atoms with Crippen molar-refractivity contribution in [3.8, 4) is 0 Å². The van der Waals surface area contributed by atoms with E-state index in [9.17, 15) is 13.6 Å². The molecule has 2 N–H and O–H groups in total. The maximum absolute atomic E-state index is 13.4. The molecule has 0 radical (unpaired) electrons. The Morgan fingerprint density at radius 2 is 1.67 bits per heavy atom. The number of quaternary nitrogens is 1.